The van der Waals surface area contributed by atoms with Gasteiger partial charge in [-0.25, -0.2) is 13.2 Å². The van der Waals surface area contributed by atoms with Gasteiger partial charge in [0.25, 0.3) is 9.05 Å². The van der Waals surface area contributed by atoms with E-state index >= 15 is 0 Å². The number of ether oxygens (including phenoxy) is 2. The zero-order valence-electron chi connectivity index (χ0n) is 9.93. The van der Waals surface area contributed by atoms with Crippen molar-refractivity contribution in [1.29, 1.82) is 0 Å². The Labute approximate surface area is 109 Å². The van der Waals surface area contributed by atoms with E-state index in [1.165, 1.54) is 14.0 Å². The summed E-state index contributed by atoms with van der Waals surface area (Å²) in [6.07, 6.45) is 0.544. The molecule has 0 radical (unpaired) electrons. The van der Waals surface area contributed by atoms with Gasteiger partial charge in [-0.05, 0) is 6.92 Å². The van der Waals surface area contributed by atoms with Crippen molar-refractivity contribution in [3.05, 3.63) is 17.6 Å². The number of furan rings is 1. The van der Waals surface area contributed by atoms with Crippen LogP contribution in [-0.2, 0) is 18.5 Å². The van der Waals surface area contributed by atoms with Crippen LogP contribution in [0.15, 0.2) is 15.4 Å². The molecule has 0 fully saturated rings. The number of carbonyl (C=O) groups excluding carboxylic acids is 1. The standard InChI is InChI=1S/C10H13ClO6S/c1-7-9(18(11,13)14)6-8(17-7)10(12)16-5-3-4-15-2/h6H,3-5H2,1-2H3. The van der Waals surface area contributed by atoms with Crippen molar-refractivity contribution >= 4 is 25.7 Å². The van der Waals surface area contributed by atoms with Crippen LogP contribution in [0.3, 0.4) is 0 Å². The van der Waals surface area contributed by atoms with Gasteiger partial charge in [-0.2, -0.15) is 0 Å². The monoisotopic (exact) mass is 296 g/mol. The Morgan fingerprint density at radius 1 is 1.44 bits per heavy atom. The SMILES string of the molecule is COCCCOC(=O)c1cc(S(=O)(=O)Cl)c(C)o1. The summed E-state index contributed by atoms with van der Waals surface area (Å²) < 4.78 is 36.9. The largest absolute Gasteiger partial charge is 0.460 e. The minimum atomic E-state index is -3.92. The molecule has 0 atom stereocenters. The van der Waals surface area contributed by atoms with Gasteiger partial charge < -0.3 is 13.9 Å². The number of rotatable bonds is 6. The second-order valence-corrected chi connectivity index (χ2v) is 5.99. The second-order valence-electron chi connectivity index (χ2n) is 3.45. The van der Waals surface area contributed by atoms with Crippen molar-refractivity contribution in [3.63, 3.8) is 0 Å². The van der Waals surface area contributed by atoms with Gasteiger partial charge in [-0.3, -0.25) is 0 Å². The molecule has 0 saturated carbocycles. The van der Waals surface area contributed by atoms with Crippen molar-refractivity contribution in [2.45, 2.75) is 18.2 Å². The topological polar surface area (TPSA) is 82.8 Å². The van der Waals surface area contributed by atoms with E-state index in [9.17, 15) is 13.2 Å². The molecule has 0 aliphatic carbocycles. The van der Waals surface area contributed by atoms with Crippen LogP contribution >= 0.6 is 10.7 Å². The van der Waals surface area contributed by atoms with Crippen molar-refractivity contribution in [2.75, 3.05) is 20.3 Å². The van der Waals surface area contributed by atoms with Crippen molar-refractivity contribution < 1.29 is 27.1 Å². The molecule has 1 aromatic rings. The second kappa shape index (κ2) is 6.21. The molecule has 0 bridgehead atoms. The molecule has 0 N–H and O–H groups in total. The van der Waals surface area contributed by atoms with E-state index in [1.54, 1.807) is 0 Å². The van der Waals surface area contributed by atoms with Gasteiger partial charge in [0.15, 0.2) is 0 Å². The van der Waals surface area contributed by atoms with Gasteiger partial charge in [-0.15, -0.1) is 0 Å². The molecule has 18 heavy (non-hydrogen) atoms. The summed E-state index contributed by atoms with van der Waals surface area (Å²) in [5, 5.41) is 0. The fourth-order valence-corrected chi connectivity index (χ4v) is 2.34. The van der Waals surface area contributed by atoms with Gasteiger partial charge in [0.1, 0.15) is 10.7 Å². The quantitative estimate of drug-likeness (QED) is 0.451. The van der Waals surface area contributed by atoms with Gasteiger partial charge >= 0.3 is 5.97 Å². The molecule has 1 rings (SSSR count). The molecule has 0 saturated heterocycles. The Morgan fingerprint density at radius 3 is 2.61 bits per heavy atom. The van der Waals surface area contributed by atoms with Crippen LogP contribution < -0.4 is 0 Å². The molecule has 0 unspecified atom stereocenters. The number of esters is 1. The highest BCUT2D eigenvalue weighted by molar-refractivity contribution is 8.13. The first-order valence-electron chi connectivity index (χ1n) is 5.07. The first kappa shape index (κ1) is 15.0. The average Bonchev–Trinajstić information content (AvgIpc) is 2.66. The van der Waals surface area contributed by atoms with Gasteiger partial charge in [0.2, 0.25) is 5.76 Å². The normalized spacial score (nSPS) is 11.5. The Balaban J connectivity index is 2.71. The first-order valence-corrected chi connectivity index (χ1v) is 7.38. The van der Waals surface area contributed by atoms with Crippen molar-refractivity contribution in [3.8, 4) is 0 Å². The summed E-state index contributed by atoms with van der Waals surface area (Å²) in [6, 6.07) is 1.05. The fourth-order valence-electron chi connectivity index (χ4n) is 1.25. The lowest BCUT2D eigenvalue weighted by Crippen LogP contribution is -2.07. The third kappa shape index (κ3) is 4.01. The highest BCUT2D eigenvalue weighted by Gasteiger charge is 2.22. The van der Waals surface area contributed by atoms with E-state index in [0.717, 1.165) is 6.07 Å². The Bertz CT molecular complexity index is 518. The third-order valence-corrected chi connectivity index (χ3v) is 3.49. The maximum Gasteiger partial charge on any atom is 0.374 e. The Hall–Kier alpha value is -1.05. The van der Waals surface area contributed by atoms with E-state index in [1.807, 2.05) is 0 Å². The third-order valence-electron chi connectivity index (χ3n) is 2.06. The Kier molecular flexibility index (Phi) is 5.18. The maximum atomic E-state index is 11.5. The molecule has 102 valence electrons. The lowest BCUT2D eigenvalue weighted by molar-refractivity contribution is 0.0431. The van der Waals surface area contributed by atoms with E-state index in [2.05, 4.69) is 0 Å². The first-order chi connectivity index (χ1) is 8.36. The smallest absolute Gasteiger partial charge is 0.374 e. The predicted molar refractivity (Wildman–Crippen MR) is 63.3 cm³/mol. The summed E-state index contributed by atoms with van der Waals surface area (Å²) in [5.41, 5.74) is 0. The predicted octanol–water partition coefficient (Wildman–Crippen LogP) is 1.71. The molecule has 0 spiro atoms. The lowest BCUT2D eigenvalue weighted by atomic mass is 10.4. The molecule has 8 heteroatoms. The summed E-state index contributed by atoms with van der Waals surface area (Å²) in [5.74, 6) is -0.876. The molecule has 6 nitrogen and oxygen atoms in total. The molecular weight excluding hydrogens is 284 g/mol. The van der Waals surface area contributed by atoms with Gasteiger partial charge in [-0.1, -0.05) is 0 Å². The molecule has 0 amide bonds. The molecule has 0 aliphatic heterocycles. The van der Waals surface area contributed by atoms with Crippen LogP contribution in [0.5, 0.6) is 0 Å². The molecule has 1 aromatic heterocycles. The minimum absolute atomic E-state index is 0.0499. The zero-order valence-corrected chi connectivity index (χ0v) is 11.5. The number of halogens is 1. The fraction of sp³-hybridized carbons (Fsp3) is 0.500. The van der Waals surface area contributed by atoms with Crippen LogP contribution in [-0.4, -0.2) is 34.7 Å². The zero-order chi connectivity index (χ0) is 13.8. The minimum Gasteiger partial charge on any atom is -0.460 e. The summed E-state index contributed by atoms with van der Waals surface area (Å²) in [4.78, 5) is 11.3. The average molecular weight is 297 g/mol. The lowest BCUT2D eigenvalue weighted by Gasteiger charge is -2.01. The summed E-state index contributed by atoms with van der Waals surface area (Å²) >= 11 is 0. The van der Waals surface area contributed by atoms with Crippen LogP contribution in [0.25, 0.3) is 0 Å². The molecular formula is C10H13ClO6S. The van der Waals surface area contributed by atoms with E-state index < -0.39 is 15.0 Å². The number of hydrogen-bond donors (Lipinski definition) is 0. The molecule has 0 aliphatic rings. The molecule has 0 aromatic carbocycles. The van der Waals surface area contributed by atoms with Gasteiger partial charge in [0.05, 0.1) is 6.61 Å². The Morgan fingerprint density at radius 2 is 2.11 bits per heavy atom. The van der Waals surface area contributed by atoms with E-state index in [4.69, 9.17) is 24.6 Å². The van der Waals surface area contributed by atoms with Crippen molar-refractivity contribution in [1.82, 2.24) is 0 Å². The van der Waals surface area contributed by atoms with Crippen molar-refractivity contribution in [2.24, 2.45) is 0 Å². The van der Waals surface area contributed by atoms with E-state index in [-0.39, 0.29) is 23.0 Å². The van der Waals surface area contributed by atoms with Gasteiger partial charge in [0, 0.05) is 36.9 Å². The maximum absolute atomic E-state index is 11.5. The van der Waals surface area contributed by atoms with Crippen LogP contribution in [0.1, 0.15) is 22.7 Å². The highest BCUT2D eigenvalue weighted by Crippen LogP contribution is 2.23. The summed E-state index contributed by atoms with van der Waals surface area (Å²) in [7, 11) is 2.78. The number of aryl methyl sites for hydroxylation is 1. The number of hydrogen-bond acceptors (Lipinski definition) is 6. The van der Waals surface area contributed by atoms with Crippen LogP contribution in [0.2, 0.25) is 0 Å². The summed E-state index contributed by atoms with van der Waals surface area (Å²) in [6.45, 7) is 2.03. The van der Waals surface area contributed by atoms with Crippen LogP contribution in [0, 0.1) is 6.92 Å². The van der Waals surface area contributed by atoms with E-state index in [0.29, 0.717) is 13.0 Å². The van der Waals surface area contributed by atoms with Crippen LogP contribution in [0.4, 0.5) is 0 Å². The number of methoxy groups -OCH3 is 1. The molecule has 1 heterocycles. The number of carbonyl (C=O) groups is 1. The highest BCUT2D eigenvalue weighted by atomic mass is 35.7.